The average molecular weight is 263 g/mol. The van der Waals surface area contributed by atoms with Crippen LogP contribution in [0.4, 0.5) is 0 Å². The largest absolute Gasteiger partial charge is 0.337 e. The van der Waals surface area contributed by atoms with E-state index in [-0.39, 0.29) is 5.91 Å². The molecule has 1 aromatic rings. The van der Waals surface area contributed by atoms with Gasteiger partial charge in [-0.05, 0) is 39.3 Å². The Hall–Kier alpha value is -1.42. The van der Waals surface area contributed by atoms with E-state index >= 15 is 0 Å². The van der Waals surface area contributed by atoms with Gasteiger partial charge in [-0.2, -0.15) is 0 Å². The summed E-state index contributed by atoms with van der Waals surface area (Å²) in [6.07, 6.45) is 0.750. The highest BCUT2D eigenvalue weighted by Gasteiger charge is 2.33. The Morgan fingerprint density at radius 3 is 2.58 bits per heavy atom. The standard InChI is InChI=1S/C15H25N3O/c1-5-15(4,11-16)14(19)18(6-2)10-13-9-7-8-12(3)17-13/h7-9H,5-6,10-11,16H2,1-4H3. The molecule has 4 nitrogen and oxygen atoms in total. The Balaban J connectivity index is 2.87. The van der Waals surface area contributed by atoms with Crippen molar-refractivity contribution in [2.45, 2.75) is 40.7 Å². The van der Waals surface area contributed by atoms with Gasteiger partial charge in [0.25, 0.3) is 0 Å². The predicted molar refractivity (Wildman–Crippen MR) is 77.5 cm³/mol. The SMILES string of the molecule is CCN(Cc1cccc(C)n1)C(=O)C(C)(CC)CN. The van der Waals surface area contributed by atoms with Crippen LogP contribution in [0.3, 0.4) is 0 Å². The molecule has 19 heavy (non-hydrogen) atoms. The van der Waals surface area contributed by atoms with Gasteiger partial charge in [0.05, 0.1) is 17.7 Å². The van der Waals surface area contributed by atoms with Crippen molar-refractivity contribution in [1.82, 2.24) is 9.88 Å². The lowest BCUT2D eigenvalue weighted by Gasteiger charge is -2.32. The molecule has 0 bridgehead atoms. The molecule has 4 heteroatoms. The van der Waals surface area contributed by atoms with Crippen LogP contribution in [0.25, 0.3) is 0 Å². The lowest BCUT2D eigenvalue weighted by molar-refractivity contribution is -0.141. The highest BCUT2D eigenvalue weighted by molar-refractivity contribution is 5.82. The summed E-state index contributed by atoms with van der Waals surface area (Å²) in [6, 6.07) is 5.88. The molecule has 106 valence electrons. The average Bonchev–Trinajstić information content (AvgIpc) is 2.43. The van der Waals surface area contributed by atoms with Crippen LogP contribution < -0.4 is 5.73 Å². The molecule has 0 aliphatic heterocycles. The number of nitrogens with zero attached hydrogens (tertiary/aromatic N) is 2. The Morgan fingerprint density at radius 1 is 1.42 bits per heavy atom. The van der Waals surface area contributed by atoms with Gasteiger partial charge in [-0.25, -0.2) is 0 Å². The minimum absolute atomic E-state index is 0.114. The van der Waals surface area contributed by atoms with E-state index in [0.717, 1.165) is 17.8 Å². The Kier molecular flexibility index (Phi) is 5.48. The topological polar surface area (TPSA) is 59.2 Å². The summed E-state index contributed by atoms with van der Waals surface area (Å²) >= 11 is 0. The Morgan fingerprint density at radius 2 is 2.11 bits per heavy atom. The molecular weight excluding hydrogens is 238 g/mol. The van der Waals surface area contributed by atoms with Crippen molar-refractivity contribution in [2.24, 2.45) is 11.1 Å². The highest BCUT2D eigenvalue weighted by Crippen LogP contribution is 2.23. The third-order valence-electron chi connectivity index (χ3n) is 3.71. The number of aryl methyl sites for hydroxylation is 1. The number of hydrogen-bond donors (Lipinski definition) is 1. The first-order valence-electron chi connectivity index (χ1n) is 6.88. The smallest absolute Gasteiger partial charge is 0.230 e. The molecule has 1 heterocycles. The normalized spacial score (nSPS) is 13.9. The van der Waals surface area contributed by atoms with Gasteiger partial charge >= 0.3 is 0 Å². The van der Waals surface area contributed by atoms with Crippen LogP contribution >= 0.6 is 0 Å². The van der Waals surface area contributed by atoms with Crippen LogP contribution in [0.5, 0.6) is 0 Å². The maximum absolute atomic E-state index is 12.6. The second-order valence-electron chi connectivity index (χ2n) is 5.21. The van der Waals surface area contributed by atoms with Crippen molar-refractivity contribution in [3.05, 3.63) is 29.6 Å². The van der Waals surface area contributed by atoms with Gasteiger partial charge in [-0.15, -0.1) is 0 Å². The molecule has 1 rings (SSSR count). The zero-order valence-corrected chi connectivity index (χ0v) is 12.4. The first kappa shape index (κ1) is 15.6. The molecule has 0 aliphatic rings. The van der Waals surface area contributed by atoms with Crippen LogP contribution in [0, 0.1) is 12.3 Å². The van der Waals surface area contributed by atoms with Gasteiger partial charge in [0.2, 0.25) is 5.91 Å². The predicted octanol–water partition coefficient (Wildman–Crippen LogP) is 2.11. The van der Waals surface area contributed by atoms with Crippen molar-refractivity contribution in [3.8, 4) is 0 Å². The molecule has 0 saturated carbocycles. The van der Waals surface area contributed by atoms with Crippen molar-refractivity contribution in [3.63, 3.8) is 0 Å². The first-order chi connectivity index (χ1) is 8.96. The fourth-order valence-corrected chi connectivity index (χ4v) is 1.97. The van der Waals surface area contributed by atoms with E-state index < -0.39 is 5.41 Å². The fourth-order valence-electron chi connectivity index (χ4n) is 1.97. The molecule has 0 fully saturated rings. The molecule has 1 aromatic heterocycles. The van der Waals surface area contributed by atoms with Gasteiger partial charge < -0.3 is 10.6 Å². The van der Waals surface area contributed by atoms with Gasteiger partial charge in [0.15, 0.2) is 0 Å². The van der Waals surface area contributed by atoms with Gasteiger partial charge in [0, 0.05) is 18.8 Å². The Bertz CT molecular complexity index is 427. The van der Waals surface area contributed by atoms with E-state index in [1.54, 1.807) is 0 Å². The summed E-state index contributed by atoms with van der Waals surface area (Å²) in [5.41, 5.74) is 7.19. The van der Waals surface area contributed by atoms with Crippen LogP contribution in [-0.4, -0.2) is 28.9 Å². The van der Waals surface area contributed by atoms with Crippen molar-refractivity contribution in [2.75, 3.05) is 13.1 Å². The van der Waals surface area contributed by atoms with Crippen molar-refractivity contribution >= 4 is 5.91 Å². The van der Waals surface area contributed by atoms with Crippen molar-refractivity contribution in [1.29, 1.82) is 0 Å². The molecule has 1 amide bonds. The van der Waals surface area contributed by atoms with E-state index in [1.807, 2.05) is 50.8 Å². The van der Waals surface area contributed by atoms with Crippen LogP contribution in [0.2, 0.25) is 0 Å². The highest BCUT2D eigenvalue weighted by atomic mass is 16.2. The van der Waals surface area contributed by atoms with Crippen molar-refractivity contribution < 1.29 is 4.79 Å². The number of pyridine rings is 1. The number of carbonyl (C=O) groups excluding carboxylic acids is 1. The molecule has 0 saturated heterocycles. The second kappa shape index (κ2) is 6.66. The fraction of sp³-hybridized carbons (Fsp3) is 0.600. The van der Waals surface area contributed by atoms with Gasteiger partial charge in [-0.3, -0.25) is 9.78 Å². The maximum Gasteiger partial charge on any atom is 0.230 e. The van der Waals surface area contributed by atoms with Crippen LogP contribution in [0.15, 0.2) is 18.2 Å². The second-order valence-corrected chi connectivity index (χ2v) is 5.21. The zero-order chi connectivity index (χ0) is 14.5. The van der Waals surface area contributed by atoms with Crippen LogP contribution in [-0.2, 0) is 11.3 Å². The number of carbonyl (C=O) groups is 1. The minimum atomic E-state index is -0.472. The summed E-state index contributed by atoms with van der Waals surface area (Å²) in [5.74, 6) is 0.114. The number of rotatable bonds is 6. The van der Waals surface area contributed by atoms with Gasteiger partial charge in [0.1, 0.15) is 0 Å². The van der Waals surface area contributed by atoms with E-state index in [9.17, 15) is 4.79 Å². The number of nitrogens with two attached hydrogens (primary N) is 1. The van der Waals surface area contributed by atoms with Gasteiger partial charge in [-0.1, -0.05) is 13.0 Å². The molecule has 2 N–H and O–H groups in total. The number of aromatic nitrogens is 1. The van der Waals surface area contributed by atoms with E-state index in [2.05, 4.69) is 4.98 Å². The third-order valence-corrected chi connectivity index (χ3v) is 3.71. The summed E-state index contributed by atoms with van der Waals surface area (Å²) in [4.78, 5) is 18.8. The lowest BCUT2D eigenvalue weighted by atomic mass is 9.86. The number of hydrogen-bond acceptors (Lipinski definition) is 3. The Labute approximate surface area is 116 Å². The zero-order valence-electron chi connectivity index (χ0n) is 12.4. The molecule has 0 radical (unpaired) electrons. The summed E-state index contributed by atoms with van der Waals surface area (Å²) in [5, 5.41) is 0. The monoisotopic (exact) mass is 263 g/mol. The molecule has 1 atom stereocenters. The molecule has 0 aliphatic carbocycles. The molecule has 0 aromatic carbocycles. The van der Waals surface area contributed by atoms with E-state index in [1.165, 1.54) is 0 Å². The minimum Gasteiger partial charge on any atom is -0.337 e. The number of amides is 1. The molecular formula is C15H25N3O. The van der Waals surface area contributed by atoms with E-state index in [4.69, 9.17) is 5.73 Å². The third kappa shape index (κ3) is 3.77. The first-order valence-corrected chi connectivity index (χ1v) is 6.88. The van der Waals surface area contributed by atoms with E-state index in [0.29, 0.717) is 19.6 Å². The maximum atomic E-state index is 12.6. The quantitative estimate of drug-likeness (QED) is 0.855. The lowest BCUT2D eigenvalue weighted by Crippen LogP contribution is -2.45. The summed E-state index contributed by atoms with van der Waals surface area (Å²) in [6.45, 7) is 9.47. The molecule has 1 unspecified atom stereocenters. The summed E-state index contributed by atoms with van der Waals surface area (Å²) < 4.78 is 0. The summed E-state index contributed by atoms with van der Waals surface area (Å²) in [7, 11) is 0. The molecule has 0 spiro atoms. The van der Waals surface area contributed by atoms with Crippen LogP contribution in [0.1, 0.15) is 38.6 Å².